The molecule has 1 aliphatic heterocycles. The van der Waals surface area contributed by atoms with Gasteiger partial charge < -0.3 is 35.6 Å². The number of allylic oxidation sites excluding steroid dienone is 1. The average molecular weight is 559 g/mol. The van der Waals surface area contributed by atoms with E-state index in [-0.39, 0.29) is 23.5 Å². The fourth-order valence-electron chi connectivity index (χ4n) is 5.04. The standard InChI is InChI=1S/C28H40F2N8O2/c1-4-18(17-37(2)27(29)30)24(31)23-25(32)35-28(36-26(23)33-19-8-6-5-7-9-19)34-21-11-10-20(16-22(21)39-3)38-12-14-40-15-13-38/h10-11,16-17,19,27,31H,4-9,12-15H2,1-3H3,(H4,32,33,34,35,36)/b18-17+,31-24?. The number of morpholine rings is 1. The lowest BCUT2D eigenvalue weighted by molar-refractivity contribution is 0.0223. The summed E-state index contributed by atoms with van der Waals surface area (Å²) in [4.78, 5) is 12.2. The van der Waals surface area contributed by atoms with Crippen molar-refractivity contribution in [2.45, 2.75) is 58.0 Å². The van der Waals surface area contributed by atoms with Gasteiger partial charge in [0.25, 0.3) is 0 Å². The second kappa shape index (κ2) is 13.6. The number of nitrogens with two attached hydrogens (primary N) is 1. The minimum Gasteiger partial charge on any atom is -0.494 e. The molecule has 2 aliphatic rings. The molecule has 0 bridgehead atoms. The van der Waals surface area contributed by atoms with E-state index in [1.807, 2.05) is 25.1 Å². The van der Waals surface area contributed by atoms with Gasteiger partial charge in [-0.3, -0.25) is 5.41 Å². The van der Waals surface area contributed by atoms with E-state index in [0.717, 1.165) is 49.4 Å². The summed E-state index contributed by atoms with van der Waals surface area (Å²) in [6.07, 6.45) is 6.98. The van der Waals surface area contributed by atoms with E-state index in [1.165, 1.54) is 19.7 Å². The van der Waals surface area contributed by atoms with Crippen LogP contribution in [0.2, 0.25) is 0 Å². The van der Waals surface area contributed by atoms with Crippen LogP contribution in [0.4, 0.5) is 37.7 Å². The number of ether oxygens (including phenoxy) is 2. The Morgan fingerprint density at radius 3 is 2.62 bits per heavy atom. The third-order valence-corrected chi connectivity index (χ3v) is 7.31. The third kappa shape index (κ3) is 7.09. The Morgan fingerprint density at radius 2 is 1.98 bits per heavy atom. The highest BCUT2D eigenvalue weighted by atomic mass is 19.3. The van der Waals surface area contributed by atoms with Gasteiger partial charge >= 0.3 is 6.55 Å². The van der Waals surface area contributed by atoms with Crippen LogP contribution in [-0.2, 0) is 4.74 Å². The van der Waals surface area contributed by atoms with Crippen molar-refractivity contribution in [3.63, 3.8) is 0 Å². The molecular formula is C28H40F2N8O2. The second-order valence-electron chi connectivity index (χ2n) is 10.1. The van der Waals surface area contributed by atoms with Gasteiger partial charge in [0.2, 0.25) is 5.95 Å². The van der Waals surface area contributed by atoms with Crippen molar-refractivity contribution in [1.82, 2.24) is 14.9 Å². The molecule has 1 aromatic heterocycles. The zero-order valence-electron chi connectivity index (χ0n) is 23.5. The van der Waals surface area contributed by atoms with Crippen LogP contribution in [0.25, 0.3) is 0 Å². The number of rotatable bonds is 11. The molecule has 2 aromatic rings. The monoisotopic (exact) mass is 558 g/mol. The quantitative estimate of drug-likeness (QED) is 0.217. The molecule has 0 unspecified atom stereocenters. The molecule has 1 aliphatic carbocycles. The molecule has 40 heavy (non-hydrogen) atoms. The molecule has 0 radical (unpaired) electrons. The molecule has 1 saturated heterocycles. The van der Waals surface area contributed by atoms with Gasteiger partial charge in [-0.15, -0.1) is 0 Å². The topological polar surface area (TPSA) is 125 Å². The van der Waals surface area contributed by atoms with Crippen LogP contribution < -0.4 is 26.0 Å². The van der Waals surface area contributed by atoms with Crippen molar-refractivity contribution in [1.29, 1.82) is 5.41 Å². The molecule has 4 rings (SSSR count). The predicted octanol–water partition coefficient (Wildman–Crippen LogP) is 5.21. The van der Waals surface area contributed by atoms with Crippen LogP contribution in [0.1, 0.15) is 51.0 Å². The lowest BCUT2D eigenvalue weighted by Gasteiger charge is -2.29. The van der Waals surface area contributed by atoms with Crippen molar-refractivity contribution in [2.24, 2.45) is 0 Å². The van der Waals surface area contributed by atoms with Crippen LogP contribution >= 0.6 is 0 Å². The molecule has 1 aromatic carbocycles. The summed E-state index contributed by atoms with van der Waals surface area (Å²) >= 11 is 0. The van der Waals surface area contributed by atoms with E-state index in [4.69, 9.17) is 25.6 Å². The summed E-state index contributed by atoms with van der Waals surface area (Å²) in [5, 5.41) is 15.6. The first-order valence-electron chi connectivity index (χ1n) is 13.8. The minimum absolute atomic E-state index is 0.0183. The maximum atomic E-state index is 13.2. The molecule has 0 spiro atoms. The first-order chi connectivity index (χ1) is 19.3. The van der Waals surface area contributed by atoms with Gasteiger partial charge in [-0.25, -0.2) is 0 Å². The summed E-state index contributed by atoms with van der Waals surface area (Å²) in [5.41, 5.74) is 8.87. The van der Waals surface area contributed by atoms with E-state index in [0.29, 0.717) is 48.0 Å². The van der Waals surface area contributed by atoms with E-state index in [2.05, 4.69) is 20.5 Å². The Kier molecular flexibility index (Phi) is 9.97. The first kappa shape index (κ1) is 29.3. The molecular weight excluding hydrogens is 518 g/mol. The summed E-state index contributed by atoms with van der Waals surface area (Å²) in [5.74, 6) is 1.37. The summed E-state index contributed by atoms with van der Waals surface area (Å²) in [6.45, 7) is 2.11. The van der Waals surface area contributed by atoms with Gasteiger partial charge in [-0.1, -0.05) is 26.2 Å². The lowest BCUT2D eigenvalue weighted by atomic mass is 9.95. The first-order valence-corrected chi connectivity index (χ1v) is 13.8. The van der Waals surface area contributed by atoms with Gasteiger partial charge in [0.1, 0.15) is 17.4 Å². The average Bonchev–Trinajstić information content (AvgIpc) is 2.96. The zero-order chi connectivity index (χ0) is 28.6. The number of hydrogen-bond donors (Lipinski definition) is 4. The Morgan fingerprint density at radius 1 is 1.25 bits per heavy atom. The van der Waals surface area contributed by atoms with Crippen molar-refractivity contribution >= 4 is 34.7 Å². The van der Waals surface area contributed by atoms with E-state index < -0.39 is 6.55 Å². The predicted molar refractivity (Wildman–Crippen MR) is 155 cm³/mol. The van der Waals surface area contributed by atoms with Crippen LogP contribution in [0.15, 0.2) is 30.0 Å². The van der Waals surface area contributed by atoms with Gasteiger partial charge in [0.15, 0.2) is 0 Å². The summed E-state index contributed by atoms with van der Waals surface area (Å²) in [7, 11) is 2.88. The Bertz CT molecular complexity index is 1200. The Hall–Kier alpha value is -3.67. The van der Waals surface area contributed by atoms with Gasteiger partial charge in [0.05, 0.1) is 37.3 Å². The van der Waals surface area contributed by atoms with Gasteiger partial charge in [-0.05, 0) is 37.0 Å². The van der Waals surface area contributed by atoms with Crippen LogP contribution in [0.3, 0.4) is 0 Å². The van der Waals surface area contributed by atoms with Crippen LogP contribution in [0, 0.1) is 5.41 Å². The highest BCUT2D eigenvalue weighted by Gasteiger charge is 2.24. The van der Waals surface area contributed by atoms with E-state index in [9.17, 15) is 8.78 Å². The maximum Gasteiger partial charge on any atom is 0.314 e. The smallest absolute Gasteiger partial charge is 0.314 e. The molecule has 0 amide bonds. The molecule has 2 fully saturated rings. The Labute approximate surface area is 234 Å². The van der Waals surface area contributed by atoms with Crippen LogP contribution in [-0.4, -0.2) is 73.6 Å². The van der Waals surface area contributed by atoms with Crippen molar-refractivity contribution in [3.8, 4) is 5.75 Å². The maximum absolute atomic E-state index is 13.2. The number of methoxy groups -OCH3 is 1. The molecule has 5 N–H and O–H groups in total. The highest BCUT2D eigenvalue weighted by molar-refractivity contribution is 6.16. The van der Waals surface area contributed by atoms with Crippen molar-refractivity contribution < 1.29 is 18.3 Å². The molecule has 12 heteroatoms. The number of nitrogens with one attached hydrogen (secondary N) is 3. The molecule has 0 atom stereocenters. The van der Waals surface area contributed by atoms with E-state index >= 15 is 0 Å². The van der Waals surface area contributed by atoms with Gasteiger partial charge in [-0.2, -0.15) is 18.7 Å². The molecule has 1 saturated carbocycles. The van der Waals surface area contributed by atoms with Crippen LogP contribution in [0.5, 0.6) is 5.75 Å². The van der Waals surface area contributed by atoms with Crippen molar-refractivity contribution in [2.75, 3.05) is 61.7 Å². The zero-order valence-corrected chi connectivity index (χ0v) is 23.5. The SMILES string of the molecule is CC/C(=C\N(C)C(F)F)C(=N)c1c(N)nc(Nc2ccc(N3CCOCC3)cc2OC)nc1NC1CCCCC1. The lowest BCUT2D eigenvalue weighted by Crippen LogP contribution is -2.36. The number of aromatic nitrogens is 2. The van der Waals surface area contributed by atoms with Crippen molar-refractivity contribution in [3.05, 3.63) is 35.5 Å². The number of hydrogen-bond acceptors (Lipinski definition) is 10. The highest BCUT2D eigenvalue weighted by Crippen LogP contribution is 2.34. The summed E-state index contributed by atoms with van der Waals surface area (Å²) < 4.78 is 37.6. The minimum atomic E-state index is -2.68. The fraction of sp³-hybridized carbons (Fsp3) is 0.536. The molecule has 10 nitrogen and oxygen atoms in total. The summed E-state index contributed by atoms with van der Waals surface area (Å²) in [6, 6.07) is 6.04. The normalized spacial score (nSPS) is 16.6. The third-order valence-electron chi connectivity index (χ3n) is 7.31. The number of anilines is 5. The molecule has 218 valence electrons. The van der Waals surface area contributed by atoms with E-state index in [1.54, 1.807) is 7.11 Å². The number of halogens is 2. The second-order valence-corrected chi connectivity index (χ2v) is 10.1. The number of benzene rings is 1. The number of nitrogens with zero attached hydrogens (tertiary/aromatic N) is 4. The largest absolute Gasteiger partial charge is 0.494 e. The molecule has 2 heterocycles. The fourth-order valence-corrected chi connectivity index (χ4v) is 5.04. The number of nitrogen functional groups attached to an aromatic ring is 1. The number of alkyl halides is 2. The van der Waals surface area contributed by atoms with Gasteiger partial charge in [0, 0.05) is 44.1 Å². The Balaban J connectivity index is 1.67.